The minimum Gasteiger partial charge on any atom is -0.382 e. The summed E-state index contributed by atoms with van der Waals surface area (Å²) in [7, 11) is 0. The Balaban J connectivity index is 2.59. The lowest BCUT2D eigenvalue weighted by atomic mass is 10.1. The van der Waals surface area contributed by atoms with Crippen LogP contribution in [0.5, 0.6) is 0 Å². The largest absolute Gasteiger partial charge is 0.382 e. The number of fused-ring (bicyclic) bond motifs is 3. The van der Waals surface area contributed by atoms with E-state index in [1.54, 1.807) is 0 Å². The number of halogens is 1. The van der Waals surface area contributed by atoms with Crippen LogP contribution in [0.1, 0.15) is 6.92 Å². The second-order valence-corrected chi connectivity index (χ2v) is 4.87. The van der Waals surface area contributed by atoms with Crippen LogP contribution < -0.4 is 5.73 Å². The summed E-state index contributed by atoms with van der Waals surface area (Å²) in [5, 5.41) is 6.72. The third kappa shape index (κ3) is 1.49. The molecule has 1 aromatic carbocycles. The second kappa shape index (κ2) is 3.83. The number of anilines is 1. The Morgan fingerprint density at radius 2 is 2.12 bits per heavy atom. The van der Waals surface area contributed by atoms with Crippen LogP contribution in [-0.4, -0.2) is 14.8 Å². The third-order valence-electron chi connectivity index (χ3n) is 2.85. The molecule has 0 atom stereocenters. The van der Waals surface area contributed by atoms with Gasteiger partial charge in [-0.2, -0.15) is 5.10 Å². The number of benzene rings is 1. The maximum atomic E-state index is 5.97. The molecule has 3 rings (SSSR count). The molecule has 2 heterocycles. The standard InChI is InChI=1S/C12H11IN4/c1-2-17-11(13)9-7-5-3-4-6-8(7)15-12(14)10(9)16-17/h3-6H,2H2,1H3,(H2,14,15). The van der Waals surface area contributed by atoms with Crippen LogP contribution in [0.2, 0.25) is 0 Å². The summed E-state index contributed by atoms with van der Waals surface area (Å²) in [5.74, 6) is 0.504. The summed E-state index contributed by atoms with van der Waals surface area (Å²) in [6.07, 6.45) is 0. The van der Waals surface area contributed by atoms with Gasteiger partial charge in [0.25, 0.3) is 0 Å². The maximum absolute atomic E-state index is 5.97. The van der Waals surface area contributed by atoms with Gasteiger partial charge in [0.05, 0.1) is 5.52 Å². The highest BCUT2D eigenvalue weighted by Gasteiger charge is 2.14. The van der Waals surface area contributed by atoms with Gasteiger partial charge < -0.3 is 5.73 Å². The molecule has 0 saturated heterocycles. The van der Waals surface area contributed by atoms with Crippen molar-refractivity contribution in [2.24, 2.45) is 0 Å². The first-order valence-corrected chi connectivity index (χ1v) is 6.50. The number of hydrogen-bond donors (Lipinski definition) is 1. The van der Waals surface area contributed by atoms with E-state index in [1.807, 2.05) is 22.9 Å². The Hall–Kier alpha value is -1.37. The molecular formula is C12H11IN4. The molecule has 0 unspecified atom stereocenters. The third-order valence-corrected chi connectivity index (χ3v) is 3.94. The topological polar surface area (TPSA) is 56.7 Å². The summed E-state index contributed by atoms with van der Waals surface area (Å²) < 4.78 is 3.07. The molecule has 86 valence electrons. The number of rotatable bonds is 1. The van der Waals surface area contributed by atoms with Crippen LogP contribution in [0.15, 0.2) is 24.3 Å². The monoisotopic (exact) mass is 338 g/mol. The Kier molecular flexibility index (Phi) is 2.43. The van der Waals surface area contributed by atoms with Crippen molar-refractivity contribution in [2.75, 3.05) is 5.73 Å². The highest BCUT2D eigenvalue weighted by molar-refractivity contribution is 14.1. The fourth-order valence-electron chi connectivity index (χ4n) is 2.03. The minimum absolute atomic E-state index is 0.504. The van der Waals surface area contributed by atoms with E-state index in [9.17, 15) is 0 Å². The van der Waals surface area contributed by atoms with E-state index in [4.69, 9.17) is 5.73 Å². The van der Waals surface area contributed by atoms with Gasteiger partial charge in [0.2, 0.25) is 0 Å². The quantitative estimate of drug-likeness (QED) is 0.694. The van der Waals surface area contributed by atoms with E-state index in [2.05, 4.69) is 45.7 Å². The van der Waals surface area contributed by atoms with Crippen LogP contribution in [0.3, 0.4) is 0 Å². The molecule has 2 N–H and O–H groups in total. The van der Waals surface area contributed by atoms with Crippen LogP contribution in [0, 0.1) is 3.70 Å². The van der Waals surface area contributed by atoms with Gasteiger partial charge in [0.1, 0.15) is 9.22 Å². The number of aromatic nitrogens is 3. The molecule has 0 aliphatic carbocycles. The second-order valence-electron chi connectivity index (χ2n) is 3.84. The van der Waals surface area contributed by atoms with Crippen molar-refractivity contribution in [3.05, 3.63) is 28.0 Å². The molecule has 0 saturated carbocycles. The first kappa shape index (κ1) is 10.8. The average Bonchev–Trinajstić information content (AvgIpc) is 2.68. The molecule has 0 aliphatic rings. The van der Waals surface area contributed by atoms with Gasteiger partial charge in [-0.3, -0.25) is 4.68 Å². The number of hydrogen-bond acceptors (Lipinski definition) is 3. The number of pyridine rings is 1. The molecule has 5 heteroatoms. The van der Waals surface area contributed by atoms with Crippen molar-refractivity contribution in [2.45, 2.75) is 13.5 Å². The smallest absolute Gasteiger partial charge is 0.152 e. The molecule has 4 nitrogen and oxygen atoms in total. The summed E-state index contributed by atoms with van der Waals surface area (Å²) in [4.78, 5) is 4.39. The first-order valence-electron chi connectivity index (χ1n) is 5.42. The van der Waals surface area contributed by atoms with Gasteiger partial charge in [-0.05, 0) is 35.6 Å². The zero-order valence-electron chi connectivity index (χ0n) is 9.31. The number of nitrogens with zero attached hydrogens (tertiary/aromatic N) is 3. The van der Waals surface area contributed by atoms with Gasteiger partial charge in [0.15, 0.2) is 5.82 Å². The molecule has 0 spiro atoms. The van der Waals surface area contributed by atoms with Gasteiger partial charge in [0, 0.05) is 17.3 Å². The van der Waals surface area contributed by atoms with Gasteiger partial charge in [-0.1, -0.05) is 18.2 Å². The average molecular weight is 338 g/mol. The number of nitrogens with two attached hydrogens (primary N) is 1. The Morgan fingerprint density at radius 1 is 1.35 bits per heavy atom. The predicted octanol–water partition coefficient (Wildman–Crippen LogP) is 2.79. The molecule has 0 amide bonds. The summed E-state index contributed by atoms with van der Waals surface area (Å²) in [6, 6.07) is 8.02. The minimum atomic E-state index is 0.504. The highest BCUT2D eigenvalue weighted by atomic mass is 127. The van der Waals surface area contributed by atoms with Crippen molar-refractivity contribution >= 4 is 50.2 Å². The Morgan fingerprint density at radius 3 is 2.88 bits per heavy atom. The first-order chi connectivity index (χ1) is 8.22. The van der Waals surface area contributed by atoms with Crippen molar-refractivity contribution in [1.82, 2.24) is 14.8 Å². The fraction of sp³-hybridized carbons (Fsp3) is 0.167. The van der Waals surface area contributed by atoms with Crippen LogP contribution >= 0.6 is 22.6 Å². The van der Waals surface area contributed by atoms with E-state index < -0.39 is 0 Å². The Labute approximate surface area is 112 Å². The molecule has 2 aromatic heterocycles. The molecule has 0 bridgehead atoms. The summed E-state index contributed by atoms with van der Waals surface area (Å²) in [5.41, 5.74) is 7.69. The number of para-hydroxylation sites is 1. The molecule has 0 aliphatic heterocycles. The van der Waals surface area contributed by atoms with E-state index >= 15 is 0 Å². The normalized spacial score (nSPS) is 11.4. The Bertz CT molecular complexity index is 717. The lowest BCUT2D eigenvalue weighted by molar-refractivity contribution is 0.652. The fourth-order valence-corrected chi connectivity index (χ4v) is 3.03. The van der Waals surface area contributed by atoms with Gasteiger partial charge in [-0.25, -0.2) is 4.98 Å². The zero-order chi connectivity index (χ0) is 12.0. The SMILES string of the molecule is CCn1nc2c(N)nc3ccccc3c2c1I. The van der Waals surface area contributed by atoms with Gasteiger partial charge in [-0.15, -0.1) is 0 Å². The molecular weight excluding hydrogens is 327 g/mol. The maximum Gasteiger partial charge on any atom is 0.152 e. The van der Waals surface area contributed by atoms with E-state index in [1.165, 1.54) is 0 Å². The van der Waals surface area contributed by atoms with Crippen molar-refractivity contribution in [3.63, 3.8) is 0 Å². The van der Waals surface area contributed by atoms with Crippen molar-refractivity contribution in [1.29, 1.82) is 0 Å². The van der Waals surface area contributed by atoms with E-state index in [0.29, 0.717) is 5.82 Å². The van der Waals surface area contributed by atoms with Crippen LogP contribution in [-0.2, 0) is 6.54 Å². The van der Waals surface area contributed by atoms with Gasteiger partial charge >= 0.3 is 0 Å². The van der Waals surface area contributed by atoms with Crippen molar-refractivity contribution < 1.29 is 0 Å². The number of aryl methyl sites for hydroxylation is 1. The summed E-state index contributed by atoms with van der Waals surface area (Å²) >= 11 is 2.32. The molecule has 0 radical (unpaired) electrons. The number of nitrogen functional groups attached to an aromatic ring is 1. The van der Waals surface area contributed by atoms with Crippen molar-refractivity contribution in [3.8, 4) is 0 Å². The molecule has 0 fully saturated rings. The van der Waals surface area contributed by atoms with Crippen LogP contribution in [0.25, 0.3) is 21.8 Å². The molecule has 3 aromatic rings. The highest BCUT2D eigenvalue weighted by Crippen LogP contribution is 2.30. The zero-order valence-corrected chi connectivity index (χ0v) is 11.5. The van der Waals surface area contributed by atoms with E-state index in [-0.39, 0.29) is 0 Å². The molecule has 17 heavy (non-hydrogen) atoms. The lowest BCUT2D eigenvalue weighted by Crippen LogP contribution is -1.98. The predicted molar refractivity (Wildman–Crippen MR) is 77.8 cm³/mol. The lowest BCUT2D eigenvalue weighted by Gasteiger charge is -2.01. The van der Waals surface area contributed by atoms with E-state index in [0.717, 1.165) is 32.1 Å². The summed E-state index contributed by atoms with van der Waals surface area (Å²) in [6.45, 7) is 2.90. The van der Waals surface area contributed by atoms with Crippen LogP contribution in [0.4, 0.5) is 5.82 Å².